The van der Waals surface area contributed by atoms with Crippen molar-refractivity contribution in [3.8, 4) is 5.75 Å². The van der Waals surface area contributed by atoms with Gasteiger partial charge in [0, 0.05) is 5.56 Å². The van der Waals surface area contributed by atoms with Crippen LogP contribution in [0, 0.1) is 18.6 Å². The number of hydrogen-bond acceptors (Lipinski definition) is 1. The molecule has 2 aromatic carbocycles. The quantitative estimate of drug-likeness (QED) is 0.569. The van der Waals surface area contributed by atoms with Crippen LogP contribution in [0.1, 0.15) is 16.7 Å². The van der Waals surface area contributed by atoms with E-state index in [0.29, 0.717) is 0 Å². The highest BCUT2D eigenvalue weighted by Gasteiger charge is 2.20. The molecule has 2 rings (SSSR count). The lowest BCUT2D eigenvalue weighted by atomic mass is 10.1. The maximum Gasteiger partial charge on any atom is 0.201 e. The monoisotopic (exact) mass is 296 g/mol. The Hall–Kier alpha value is -2.30. The number of halogens is 4. The maximum absolute atomic E-state index is 14.0. The summed E-state index contributed by atoms with van der Waals surface area (Å²) in [6, 6.07) is 7.88. The highest BCUT2D eigenvalue weighted by molar-refractivity contribution is 5.83. The van der Waals surface area contributed by atoms with Crippen molar-refractivity contribution in [2.24, 2.45) is 0 Å². The predicted octanol–water partition coefficient (Wildman–Crippen LogP) is 5.05. The van der Waals surface area contributed by atoms with E-state index in [1.54, 1.807) is 19.1 Å². The molecule has 0 N–H and O–H groups in total. The zero-order valence-electron chi connectivity index (χ0n) is 11.4. The summed E-state index contributed by atoms with van der Waals surface area (Å²) in [6.07, 6.45) is 0. The number of ether oxygens (including phenoxy) is 1. The molecular weight excluding hydrogens is 284 g/mol. The average molecular weight is 296 g/mol. The van der Waals surface area contributed by atoms with Crippen LogP contribution in [-0.4, -0.2) is 7.11 Å². The van der Waals surface area contributed by atoms with Gasteiger partial charge in [0.25, 0.3) is 0 Å². The fourth-order valence-corrected chi connectivity index (χ4v) is 1.80. The van der Waals surface area contributed by atoms with Gasteiger partial charge in [-0.3, -0.25) is 0 Å². The lowest BCUT2D eigenvalue weighted by Gasteiger charge is -2.07. The van der Waals surface area contributed by atoms with Crippen molar-refractivity contribution in [1.29, 1.82) is 0 Å². The Balaban J connectivity index is 2.52. The molecule has 0 saturated heterocycles. The van der Waals surface area contributed by atoms with E-state index in [0.717, 1.165) is 24.8 Å². The normalized spacial score (nSPS) is 12.1. The Morgan fingerprint density at radius 3 is 2.05 bits per heavy atom. The molecule has 0 bridgehead atoms. The Labute approximate surface area is 119 Å². The van der Waals surface area contributed by atoms with Crippen molar-refractivity contribution in [2.75, 3.05) is 7.11 Å². The van der Waals surface area contributed by atoms with Gasteiger partial charge in [-0.25, -0.2) is 13.2 Å². The van der Waals surface area contributed by atoms with Gasteiger partial charge in [0.05, 0.1) is 12.7 Å². The summed E-state index contributed by atoms with van der Waals surface area (Å²) < 4.78 is 59.9. The van der Waals surface area contributed by atoms with Gasteiger partial charge in [-0.15, -0.1) is 0 Å². The SMILES string of the molecule is COc1ccc(/C(F)=C(\F)c2ccc(C)cc2)c(F)c1F. The van der Waals surface area contributed by atoms with Gasteiger partial charge < -0.3 is 4.74 Å². The number of hydrogen-bond donors (Lipinski definition) is 0. The molecule has 110 valence electrons. The molecule has 0 saturated carbocycles. The molecule has 0 radical (unpaired) electrons. The summed E-state index contributed by atoms with van der Waals surface area (Å²) in [4.78, 5) is 0. The van der Waals surface area contributed by atoms with Gasteiger partial charge in [-0.2, -0.15) is 4.39 Å². The maximum atomic E-state index is 14.0. The Morgan fingerprint density at radius 1 is 0.857 bits per heavy atom. The minimum atomic E-state index is -1.49. The minimum absolute atomic E-state index is 0.0475. The zero-order chi connectivity index (χ0) is 15.6. The van der Waals surface area contributed by atoms with Gasteiger partial charge in [0.15, 0.2) is 23.2 Å². The first-order valence-electron chi connectivity index (χ1n) is 6.10. The van der Waals surface area contributed by atoms with Crippen molar-refractivity contribution in [1.82, 2.24) is 0 Å². The molecule has 0 unspecified atom stereocenters. The Kier molecular flexibility index (Phi) is 4.31. The smallest absolute Gasteiger partial charge is 0.201 e. The standard InChI is InChI=1S/C16H12F4O/c1-9-3-5-10(6-4-9)13(17)14(18)11-7-8-12(21-2)16(20)15(11)19/h3-8H,1-2H3/b14-13+. The van der Waals surface area contributed by atoms with Gasteiger partial charge in [0.1, 0.15) is 0 Å². The number of aryl methyl sites for hydroxylation is 1. The van der Waals surface area contributed by atoms with Crippen molar-refractivity contribution < 1.29 is 22.3 Å². The van der Waals surface area contributed by atoms with Crippen LogP contribution in [0.2, 0.25) is 0 Å². The molecule has 1 nitrogen and oxygen atoms in total. The van der Waals surface area contributed by atoms with E-state index in [1.165, 1.54) is 12.1 Å². The van der Waals surface area contributed by atoms with Crippen molar-refractivity contribution in [3.05, 3.63) is 64.7 Å². The molecule has 0 amide bonds. The van der Waals surface area contributed by atoms with Crippen LogP contribution in [0.4, 0.5) is 17.6 Å². The van der Waals surface area contributed by atoms with E-state index < -0.39 is 28.9 Å². The van der Waals surface area contributed by atoms with E-state index in [1.807, 2.05) is 0 Å². The van der Waals surface area contributed by atoms with Gasteiger partial charge in [-0.1, -0.05) is 29.8 Å². The molecule has 0 aliphatic rings. The van der Waals surface area contributed by atoms with Gasteiger partial charge >= 0.3 is 0 Å². The first-order valence-corrected chi connectivity index (χ1v) is 6.10. The van der Waals surface area contributed by atoms with E-state index in [9.17, 15) is 17.6 Å². The fourth-order valence-electron chi connectivity index (χ4n) is 1.80. The molecule has 0 heterocycles. The number of benzene rings is 2. The van der Waals surface area contributed by atoms with E-state index in [2.05, 4.69) is 4.74 Å². The molecule has 5 heteroatoms. The summed E-state index contributed by atoms with van der Waals surface area (Å²) in [6.45, 7) is 1.79. The third-order valence-electron chi connectivity index (χ3n) is 3.00. The van der Waals surface area contributed by atoms with E-state index >= 15 is 0 Å². The number of rotatable bonds is 3. The Morgan fingerprint density at radius 2 is 1.48 bits per heavy atom. The highest BCUT2D eigenvalue weighted by atomic mass is 19.2. The first-order chi connectivity index (χ1) is 9.95. The highest BCUT2D eigenvalue weighted by Crippen LogP contribution is 2.33. The zero-order valence-corrected chi connectivity index (χ0v) is 11.4. The first kappa shape index (κ1) is 15.1. The van der Waals surface area contributed by atoms with Crippen molar-refractivity contribution in [3.63, 3.8) is 0 Å². The lowest BCUT2D eigenvalue weighted by molar-refractivity contribution is 0.371. The van der Waals surface area contributed by atoms with Crippen LogP contribution in [0.3, 0.4) is 0 Å². The third-order valence-corrected chi connectivity index (χ3v) is 3.00. The summed E-state index contributed by atoms with van der Waals surface area (Å²) in [5.74, 6) is -5.94. The number of methoxy groups -OCH3 is 1. The average Bonchev–Trinajstić information content (AvgIpc) is 2.49. The van der Waals surface area contributed by atoms with Crippen LogP contribution in [0.25, 0.3) is 11.7 Å². The van der Waals surface area contributed by atoms with Gasteiger partial charge in [-0.05, 0) is 19.1 Å². The van der Waals surface area contributed by atoms with Crippen LogP contribution in [0.15, 0.2) is 36.4 Å². The molecule has 0 aromatic heterocycles. The molecule has 0 aliphatic carbocycles. The lowest BCUT2D eigenvalue weighted by Crippen LogP contribution is -1.97. The summed E-state index contributed by atoms with van der Waals surface area (Å²) >= 11 is 0. The minimum Gasteiger partial charge on any atom is -0.494 e. The van der Waals surface area contributed by atoms with Crippen LogP contribution < -0.4 is 4.74 Å². The summed E-state index contributed by atoms with van der Waals surface area (Å²) in [5, 5.41) is 0. The molecule has 0 aliphatic heterocycles. The molecule has 0 fully saturated rings. The van der Waals surface area contributed by atoms with Crippen LogP contribution in [-0.2, 0) is 0 Å². The predicted molar refractivity (Wildman–Crippen MR) is 73.1 cm³/mol. The van der Waals surface area contributed by atoms with E-state index in [-0.39, 0.29) is 11.3 Å². The second-order valence-electron chi connectivity index (χ2n) is 4.44. The second-order valence-corrected chi connectivity index (χ2v) is 4.44. The largest absolute Gasteiger partial charge is 0.494 e. The molecule has 0 spiro atoms. The topological polar surface area (TPSA) is 9.23 Å². The molecule has 21 heavy (non-hydrogen) atoms. The fraction of sp³-hybridized carbons (Fsp3) is 0.125. The molecule has 2 aromatic rings. The van der Waals surface area contributed by atoms with Crippen molar-refractivity contribution in [2.45, 2.75) is 6.92 Å². The summed E-state index contributed by atoms with van der Waals surface area (Å²) in [7, 11) is 1.15. The second kappa shape index (κ2) is 5.99. The van der Waals surface area contributed by atoms with Crippen molar-refractivity contribution >= 4 is 11.7 Å². The molecular formula is C16H12F4O. The molecule has 0 atom stereocenters. The Bertz CT molecular complexity index is 690. The van der Waals surface area contributed by atoms with Crippen LogP contribution >= 0.6 is 0 Å². The van der Waals surface area contributed by atoms with E-state index in [4.69, 9.17) is 0 Å². The van der Waals surface area contributed by atoms with Gasteiger partial charge in [0.2, 0.25) is 5.82 Å². The summed E-state index contributed by atoms with van der Waals surface area (Å²) in [5.41, 5.74) is 0.0359. The van der Waals surface area contributed by atoms with Crippen LogP contribution in [0.5, 0.6) is 5.75 Å². The third kappa shape index (κ3) is 2.91.